The fourth-order valence-corrected chi connectivity index (χ4v) is 3.03. The molecule has 0 aliphatic carbocycles. The molecule has 0 aromatic rings. The molecule has 1 saturated heterocycles. The second kappa shape index (κ2) is 12.3. The van der Waals surface area contributed by atoms with Gasteiger partial charge in [-0.05, 0) is 26.2 Å². The van der Waals surface area contributed by atoms with Crippen molar-refractivity contribution >= 4 is 17.8 Å². The van der Waals surface area contributed by atoms with Crippen molar-refractivity contribution in [2.24, 2.45) is 5.73 Å². The van der Waals surface area contributed by atoms with Gasteiger partial charge in [0.1, 0.15) is 30.5 Å². The van der Waals surface area contributed by atoms with E-state index in [0.717, 1.165) is 0 Å². The monoisotopic (exact) mass is 471 g/mol. The van der Waals surface area contributed by atoms with Gasteiger partial charge in [0.15, 0.2) is 6.10 Å². The summed E-state index contributed by atoms with van der Waals surface area (Å²) in [7, 11) is 1.17. The number of aliphatic hydroxyl groups excluding tert-OH is 4. The number of hydrogen-bond donors (Lipinski definition) is 7. The lowest BCUT2D eigenvalue weighted by atomic mass is 9.91. The molecule has 0 spiro atoms. The van der Waals surface area contributed by atoms with Crippen LogP contribution < -0.4 is 16.4 Å². The van der Waals surface area contributed by atoms with Gasteiger partial charge in [0.2, 0.25) is 5.91 Å². The molecular formula is C18H31F2N3O9. The van der Waals surface area contributed by atoms with Gasteiger partial charge >= 0.3 is 11.9 Å². The first kappa shape index (κ1) is 28.1. The van der Waals surface area contributed by atoms with Gasteiger partial charge in [-0.15, -0.1) is 0 Å². The maximum atomic E-state index is 14.4. The standard InChI is InChI=1S/C18H31F2N3O9/c1-8(16(29)31-2)23-15(28)9(21)5-3-4-6-22-17(30)18(19,20)14-13(27)12(26)11(25)10(7-24)32-14/h8-14,24-27H,3-7,21H2,1-2H3,(H,22,30)(H,23,28)/t8-,9-,10+,11-,12-,13+,14+/m0/s1. The number of unbranched alkanes of at least 4 members (excludes halogenated alkanes) is 1. The number of halogens is 2. The van der Waals surface area contributed by atoms with Gasteiger partial charge in [0.05, 0.1) is 19.8 Å². The predicted octanol–water partition coefficient (Wildman–Crippen LogP) is -3.24. The first-order chi connectivity index (χ1) is 14.9. The maximum Gasteiger partial charge on any atom is 0.352 e. The van der Waals surface area contributed by atoms with E-state index in [1.807, 2.05) is 5.32 Å². The summed E-state index contributed by atoms with van der Waals surface area (Å²) >= 11 is 0. The Balaban J connectivity index is 2.46. The first-order valence-corrected chi connectivity index (χ1v) is 9.98. The number of alkyl halides is 2. The number of amides is 2. The van der Waals surface area contributed by atoms with Crippen molar-refractivity contribution < 1.29 is 53.1 Å². The van der Waals surface area contributed by atoms with Gasteiger partial charge in [-0.25, -0.2) is 4.79 Å². The maximum absolute atomic E-state index is 14.4. The zero-order chi connectivity index (χ0) is 24.6. The SMILES string of the molecule is COC(=O)[C@H](C)NC(=O)[C@@H](N)CCCCNC(=O)C(F)(F)[C@@H]1O[C@H](CO)[C@H](O)[C@H](O)[C@H]1O. The van der Waals surface area contributed by atoms with E-state index in [9.17, 15) is 38.5 Å². The van der Waals surface area contributed by atoms with Gasteiger partial charge in [-0.1, -0.05) is 0 Å². The second-order valence-corrected chi connectivity index (χ2v) is 7.48. The summed E-state index contributed by atoms with van der Waals surface area (Å²) in [6, 6.07) is -1.85. The average molecular weight is 471 g/mol. The summed E-state index contributed by atoms with van der Waals surface area (Å²) in [4.78, 5) is 35.1. The van der Waals surface area contributed by atoms with E-state index >= 15 is 0 Å². The number of nitrogens with two attached hydrogens (primary N) is 1. The minimum atomic E-state index is -4.27. The van der Waals surface area contributed by atoms with E-state index in [1.54, 1.807) is 0 Å². The minimum absolute atomic E-state index is 0.151. The Morgan fingerprint density at radius 3 is 2.34 bits per heavy atom. The predicted molar refractivity (Wildman–Crippen MR) is 103 cm³/mol. The lowest BCUT2D eigenvalue weighted by Crippen LogP contribution is -2.65. The highest BCUT2D eigenvalue weighted by atomic mass is 19.3. The number of methoxy groups -OCH3 is 1. The Morgan fingerprint density at radius 1 is 1.16 bits per heavy atom. The van der Waals surface area contributed by atoms with Gasteiger partial charge in [-0.3, -0.25) is 9.59 Å². The summed E-state index contributed by atoms with van der Waals surface area (Å²) in [5.74, 6) is -7.29. The van der Waals surface area contributed by atoms with Gasteiger partial charge in [0.25, 0.3) is 5.91 Å². The number of carbonyl (C=O) groups is 3. The number of hydrogen-bond acceptors (Lipinski definition) is 10. The van der Waals surface area contributed by atoms with E-state index in [4.69, 9.17) is 15.6 Å². The zero-order valence-corrected chi connectivity index (χ0v) is 17.7. The fraction of sp³-hybridized carbons (Fsp3) is 0.833. The molecule has 1 fully saturated rings. The van der Waals surface area contributed by atoms with Crippen LogP contribution in [-0.4, -0.2) is 107 Å². The highest BCUT2D eigenvalue weighted by Gasteiger charge is 2.58. The molecule has 0 aromatic carbocycles. The van der Waals surface area contributed by atoms with E-state index in [1.165, 1.54) is 14.0 Å². The Labute approximate surface area is 183 Å². The average Bonchev–Trinajstić information content (AvgIpc) is 2.76. The van der Waals surface area contributed by atoms with Crippen LogP contribution in [0.5, 0.6) is 0 Å². The minimum Gasteiger partial charge on any atom is -0.467 e. The molecule has 2 amide bonds. The summed E-state index contributed by atoms with van der Waals surface area (Å²) in [5, 5.41) is 42.5. The molecule has 1 heterocycles. The highest BCUT2D eigenvalue weighted by molar-refractivity contribution is 5.87. The lowest BCUT2D eigenvalue weighted by Gasteiger charge is -2.42. The van der Waals surface area contributed by atoms with Crippen molar-refractivity contribution in [2.45, 2.75) is 74.7 Å². The molecule has 0 radical (unpaired) electrons. The van der Waals surface area contributed by atoms with Crippen molar-refractivity contribution in [2.75, 3.05) is 20.3 Å². The van der Waals surface area contributed by atoms with Gasteiger partial charge in [-0.2, -0.15) is 8.78 Å². The molecule has 0 aromatic heterocycles. The van der Waals surface area contributed by atoms with Crippen LogP contribution in [0.3, 0.4) is 0 Å². The van der Waals surface area contributed by atoms with Crippen LogP contribution in [0, 0.1) is 0 Å². The summed E-state index contributed by atoms with van der Waals surface area (Å²) in [6.45, 7) is 0.297. The molecule has 1 aliphatic rings. The number of nitrogens with one attached hydrogen (secondary N) is 2. The van der Waals surface area contributed by atoms with Crippen molar-refractivity contribution in [1.82, 2.24) is 10.6 Å². The largest absolute Gasteiger partial charge is 0.467 e. The van der Waals surface area contributed by atoms with E-state index in [2.05, 4.69) is 10.1 Å². The highest BCUT2D eigenvalue weighted by Crippen LogP contribution is 2.32. The third kappa shape index (κ3) is 7.02. The van der Waals surface area contributed by atoms with Crippen LogP contribution in [0.25, 0.3) is 0 Å². The summed E-state index contributed by atoms with van der Waals surface area (Å²) < 4.78 is 38.1. The van der Waals surface area contributed by atoms with Crippen LogP contribution >= 0.6 is 0 Å². The van der Waals surface area contributed by atoms with Crippen LogP contribution in [0.2, 0.25) is 0 Å². The number of ether oxygens (including phenoxy) is 2. The number of carbonyl (C=O) groups excluding carboxylic acids is 3. The van der Waals surface area contributed by atoms with Crippen molar-refractivity contribution in [3.63, 3.8) is 0 Å². The molecule has 12 nitrogen and oxygen atoms in total. The first-order valence-electron chi connectivity index (χ1n) is 9.98. The quantitative estimate of drug-likeness (QED) is 0.119. The molecule has 0 unspecified atom stereocenters. The van der Waals surface area contributed by atoms with Crippen molar-refractivity contribution in [3.8, 4) is 0 Å². The van der Waals surface area contributed by atoms with Crippen molar-refractivity contribution in [1.29, 1.82) is 0 Å². The third-order valence-electron chi connectivity index (χ3n) is 5.03. The number of rotatable bonds is 11. The van der Waals surface area contributed by atoms with E-state index in [-0.39, 0.29) is 25.8 Å². The molecule has 186 valence electrons. The number of aliphatic hydroxyl groups is 4. The van der Waals surface area contributed by atoms with Crippen LogP contribution in [0.15, 0.2) is 0 Å². The van der Waals surface area contributed by atoms with Crippen LogP contribution in [-0.2, 0) is 23.9 Å². The Kier molecular flexibility index (Phi) is 10.8. The number of esters is 1. The normalized spacial score (nSPS) is 27.8. The smallest absolute Gasteiger partial charge is 0.352 e. The third-order valence-corrected chi connectivity index (χ3v) is 5.03. The molecule has 0 bridgehead atoms. The van der Waals surface area contributed by atoms with E-state index in [0.29, 0.717) is 0 Å². The lowest BCUT2D eigenvalue weighted by molar-refractivity contribution is -0.274. The molecule has 8 N–H and O–H groups in total. The Hall–Kier alpha value is -1.97. The molecule has 0 saturated carbocycles. The molecule has 1 rings (SSSR count). The summed E-state index contributed by atoms with van der Waals surface area (Å²) in [5.41, 5.74) is 5.70. The Morgan fingerprint density at radius 2 is 1.78 bits per heavy atom. The zero-order valence-electron chi connectivity index (χ0n) is 17.7. The molecular weight excluding hydrogens is 440 g/mol. The molecule has 14 heteroatoms. The van der Waals surface area contributed by atoms with E-state index < -0.39 is 72.9 Å². The molecule has 7 atom stereocenters. The fourth-order valence-electron chi connectivity index (χ4n) is 3.03. The second-order valence-electron chi connectivity index (χ2n) is 7.48. The van der Waals surface area contributed by atoms with Crippen molar-refractivity contribution in [3.05, 3.63) is 0 Å². The van der Waals surface area contributed by atoms with Gasteiger partial charge in [0, 0.05) is 6.54 Å². The summed E-state index contributed by atoms with van der Waals surface area (Å²) in [6.07, 6.45) is -9.58. The van der Waals surface area contributed by atoms with Crippen LogP contribution in [0.1, 0.15) is 26.2 Å². The molecule has 32 heavy (non-hydrogen) atoms. The van der Waals surface area contributed by atoms with Crippen LogP contribution in [0.4, 0.5) is 8.78 Å². The Bertz CT molecular complexity index is 653. The van der Waals surface area contributed by atoms with Gasteiger partial charge < -0.3 is 46.3 Å². The topological polar surface area (TPSA) is 201 Å². The molecule has 1 aliphatic heterocycles.